The standard InChI is InChI=1S/C69H124O6/c1-4-7-10-13-15-17-19-21-23-25-27-29-31-32-33-34-35-36-38-39-41-43-45-47-49-51-53-56-59-62-68(71)74-65-66(64-73-67(70)61-58-55-12-9-6-3)75-69(72)63-60-57-54-52-50-48-46-44-42-40-37-30-28-26-24-22-20-18-16-14-11-8-5-2/h8,11,16,18,22,24-25,27-28,30,66H,4-7,9-10,12-15,17,19-21,23,26,29,31-65H2,1-3H3/b11-8-,18-16-,24-22-,27-25-,30-28-. The SMILES string of the molecule is CC/C=C\C/C=C\C/C=C\C/C=C\CCCCCCCCCCCCC(=O)OC(COC(=O)CCCCCCC)COC(=O)CCCCCCCCCCCCCCCCCCC/C=C\CCCCCCCCCC. The van der Waals surface area contributed by atoms with E-state index in [1.165, 1.54) is 212 Å². The van der Waals surface area contributed by atoms with Crippen molar-refractivity contribution in [2.24, 2.45) is 0 Å². The van der Waals surface area contributed by atoms with Crippen LogP contribution in [0.3, 0.4) is 0 Å². The van der Waals surface area contributed by atoms with Crippen LogP contribution in [-0.2, 0) is 28.6 Å². The van der Waals surface area contributed by atoms with Crippen molar-refractivity contribution in [2.45, 2.75) is 348 Å². The quantitative estimate of drug-likeness (QED) is 0.0261. The number of allylic oxidation sites excluding steroid dienone is 10. The molecule has 436 valence electrons. The first-order chi connectivity index (χ1) is 37.0. The fourth-order valence-electron chi connectivity index (χ4n) is 9.61. The highest BCUT2D eigenvalue weighted by Gasteiger charge is 2.19. The zero-order valence-corrected chi connectivity index (χ0v) is 50.1. The molecule has 0 saturated heterocycles. The first-order valence-corrected chi connectivity index (χ1v) is 32.8. The molecule has 0 aliphatic rings. The lowest BCUT2D eigenvalue weighted by atomic mass is 10.0. The van der Waals surface area contributed by atoms with Gasteiger partial charge < -0.3 is 14.2 Å². The summed E-state index contributed by atoms with van der Waals surface area (Å²) in [6.45, 7) is 6.48. The van der Waals surface area contributed by atoms with Gasteiger partial charge in [-0.25, -0.2) is 0 Å². The lowest BCUT2D eigenvalue weighted by Crippen LogP contribution is -2.30. The van der Waals surface area contributed by atoms with Crippen LogP contribution in [0.2, 0.25) is 0 Å². The highest BCUT2D eigenvalue weighted by atomic mass is 16.6. The Morgan fingerprint density at radius 3 is 0.827 bits per heavy atom. The molecule has 0 aliphatic carbocycles. The molecule has 0 fully saturated rings. The summed E-state index contributed by atoms with van der Waals surface area (Å²) in [4.78, 5) is 37.9. The maximum Gasteiger partial charge on any atom is 0.306 e. The number of esters is 3. The molecule has 0 aliphatic heterocycles. The van der Waals surface area contributed by atoms with Crippen LogP contribution in [0.1, 0.15) is 342 Å². The molecule has 0 N–H and O–H groups in total. The van der Waals surface area contributed by atoms with Crippen molar-refractivity contribution in [3.05, 3.63) is 60.8 Å². The predicted octanol–water partition coefficient (Wildman–Crippen LogP) is 22.3. The maximum atomic E-state index is 12.8. The highest BCUT2D eigenvalue weighted by Crippen LogP contribution is 2.17. The van der Waals surface area contributed by atoms with Gasteiger partial charge in [-0.15, -0.1) is 0 Å². The fourth-order valence-corrected chi connectivity index (χ4v) is 9.61. The Morgan fingerprint density at radius 2 is 0.520 bits per heavy atom. The van der Waals surface area contributed by atoms with E-state index >= 15 is 0 Å². The van der Waals surface area contributed by atoms with Crippen molar-refractivity contribution < 1.29 is 28.6 Å². The Kier molecular flexibility index (Phi) is 61.2. The van der Waals surface area contributed by atoms with E-state index in [1.807, 2.05) is 0 Å². The van der Waals surface area contributed by atoms with E-state index in [4.69, 9.17) is 14.2 Å². The lowest BCUT2D eigenvalue weighted by molar-refractivity contribution is -0.167. The lowest BCUT2D eigenvalue weighted by Gasteiger charge is -2.18. The average Bonchev–Trinajstić information content (AvgIpc) is 3.41. The summed E-state index contributed by atoms with van der Waals surface area (Å²) < 4.78 is 16.8. The van der Waals surface area contributed by atoms with Crippen molar-refractivity contribution in [1.29, 1.82) is 0 Å². The van der Waals surface area contributed by atoms with Crippen molar-refractivity contribution in [3.8, 4) is 0 Å². The van der Waals surface area contributed by atoms with E-state index in [1.54, 1.807) is 0 Å². The third kappa shape index (κ3) is 61.8. The highest BCUT2D eigenvalue weighted by molar-refractivity contribution is 5.71. The molecule has 0 aromatic carbocycles. The monoisotopic (exact) mass is 1050 g/mol. The third-order valence-corrected chi connectivity index (χ3v) is 14.5. The van der Waals surface area contributed by atoms with E-state index in [-0.39, 0.29) is 31.1 Å². The molecule has 1 atom stereocenters. The molecule has 0 heterocycles. The van der Waals surface area contributed by atoms with Gasteiger partial charge in [-0.3, -0.25) is 14.4 Å². The van der Waals surface area contributed by atoms with Crippen LogP contribution in [0.4, 0.5) is 0 Å². The second-order valence-electron chi connectivity index (χ2n) is 22.0. The Labute approximate surface area is 466 Å². The van der Waals surface area contributed by atoms with Gasteiger partial charge in [0.2, 0.25) is 0 Å². The molecular weight excluding hydrogens is 925 g/mol. The normalized spacial score (nSPS) is 12.4. The second kappa shape index (κ2) is 63.6. The third-order valence-electron chi connectivity index (χ3n) is 14.5. The number of rotatable bonds is 60. The molecule has 6 nitrogen and oxygen atoms in total. The van der Waals surface area contributed by atoms with E-state index in [2.05, 4.69) is 81.5 Å². The number of hydrogen-bond acceptors (Lipinski definition) is 6. The van der Waals surface area contributed by atoms with Gasteiger partial charge in [0.15, 0.2) is 6.10 Å². The number of hydrogen-bond donors (Lipinski definition) is 0. The number of ether oxygens (including phenoxy) is 3. The first-order valence-electron chi connectivity index (χ1n) is 32.8. The van der Waals surface area contributed by atoms with Crippen LogP contribution in [0.25, 0.3) is 0 Å². The van der Waals surface area contributed by atoms with Crippen LogP contribution in [0, 0.1) is 0 Å². The van der Waals surface area contributed by atoms with E-state index in [0.717, 1.165) is 89.9 Å². The number of carbonyl (C=O) groups excluding carboxylic acids is 3. The van der Waals surface area contributed by atoms with Gasteiger partial charge in [0, 0.05) is 19.3 Å². The molecule has 6 heteroatoms. The fraction of sp³-hybridized carbons (Fsp3) is 0.812. The predicted molar refractivity (Wildman–Crippen MR) is 325 cm³/mol. The summed E-state index contributed by atoms with van der Waals surface area (Å²) in [7, 11) is 0. The Balaban J connectivity index is 3.98. The van der Waals surface area contributed by atoms with Gasteiger partial charge in [0.1, 0.15) is 13.2 Å². The van der Waals surface area contributed by atoms with Gasteiger partial charge in [-0.2, -0.15) is 0 Å². The van der Waals surface area contributed by atoms with Gasteiger partial charge in [-0.05, 0) is 83.5 Å². The molecule has 0 spiro atoms. The smallest absolute Gasteiger partial charge is 0.306 e. The number of unbranched alkanes of at least 4 members (excludes halogenated alkanes) is 39. The zero-order chi connectivity index (χ0) is 54.3. The zero-order valence-electron chi connectivity index (χ0n) is 50.1. The van der Waals surface area contributed by atoms with Gasteiger partial charge >= 0.3 is 17.9 Å². The molecule has 0 aromatic rings. The second-order valence-corrected chi connectivity index (χ2v) is 22.0. The minimum Gasteiger partial charge on any atom is -0.462 e. The molecule has 0 rings (SSSR count). The number of carbonyl (C=O) groups is 3. The Bertz CT molecular complexity index is 1340. The summed E-state index contributed by atoms with van der Waals surface area (Å²) in [6, 6.07) is 0. The van der Waals surface area contributed by atoms with E-state index in [0.29, 0.717) is 19.3 Å². The molecule has 75 heavy (non-hydrogen) atoms. The summed E-state index contributed by atoms with van der Waals surface area (Å²) in [5.41, 5.74) is 0. The summed E-state index contributed by atoms with van der Waals surface area (Å²) in [5, 5.41) is 0. The average molecular weight is 1050 g/mol. The van der Waals surface area contributed by atoms with E-state index < -0.39 is 6.10 Å². The summed E-state index contributed by atoms with van der Waals surface area (Å²) in [6.07, 6.45) is 81.5. The Morgan fingerprint density at radius 1 is 0.280 bits per heavy atom. The van der Waals surface area contributed by atoms with Crippen LogP contribution in [0.15, 0.2) is 60.8 Å². The summed E-state index contributed by atoms with van der Waals surface area (Å²) in [5.74, 6) is -0.876. The molecule has 0 aromatic heterocycles. The van der Waals surface area contributed by atoms with Crippen molar-refractivity contribution >= 4 is 17.9 Å². The Hall–Kier alpha value is -2.89. The van der Waals surface area contributed by atoms with E-state index in [9.17, 15) is 14.4 Å². The van der Waals surface area contributed by atoms with Gasteiger partial charge in [-0.1, -0.05) is 300 Å². The van der Waals surface area contributed by atoms with Crippen LogP contribution >= 0.6 is 0 Å². The van der Waals surface area contributed by atoms with Gasteiger partial charge in [0.25, 0.3) is 0 Å². The maximum absolute atomic E-state index is 12.8. The molecule has 1 unspecified atom stereocenters. The molecule has 0 bridgehead atoms. The van der Waals surface area contributed by atoms with Gasteiger partial charge in [0.05, 0.1) is 0 Å². The van der Waals surface area contributed by atoms with Crippen LogP contribution in [0.5, 0.6) is 0 Å². The minimum absolute atomic E-state index is 0.0729. The van der Waals surface area contributed by atoms with Crippen molar-refractivity contribution in [3.63, 3.8) is 0 Å². The summed E-state index contributed by atoms with van der Waals surface area (Å²) >= 11 is 0. The van der Waals surface area contributed by atoms with Crippen LogP contribution in [-0.4, -0.2) is 37.2 Å². The topological polar surface area (TPSA) is 78.9 Å². The van der Waals surface area contributed by atoms with Crippen molar-refractivity contribution in [2.75, 3.05) is 13.2 Å². The van der Waals surface area contributed by atoms with Crippen LogP contribution < -0.4 is 0 Å². The molecule has 0 amide bonds. The largest absolute Gasteiger partial charge is 0.462 e. The molecule has 0 radical (unpaired) electrons. The molecule has 0 saturated carbocycles. The van der Waals surface area contributed by atoms with Crippen molar-refractivity contribution in [1.82, 2.24) is 0 Å². The molecular formula is C69H124O6. The first kappa shape index (κ1) is 72.1. The minimum atomic E-state index is -0.772.